The Hall–Kier alpha value is -1.34. The van der Waals surface area contributed by atoms with Crippen molar-refractivity contribution in [1.82, 2.24) is 0 Å². The Kier molecular flexibility index (Phi) is 8.40. The number of hydrogen-bond acceptors (Lipinski definition) is 3. The number of halogens is 4. The molecule has 0 aliphatic carbocycles. The molecule has 0 aromatic rings. The van der Waals surface area contributed by atoms with Gasteiger partial charge in [0.1, 0.15) is 5.60 Å². The van der Waals surface area contributed by atoms with Gasteiger partial charge in [0.2, 0.25) is 0 Å². The molecule has 22 heavy (non-hydrogen) atoms. The summed E-state index contributed by atoms with van der Waals surface area (Å²) in [5, 5.41) is 9.11. The van der Waals surface area contributed by atoms with E-state index in [2.05, 4.69) is 0 Å². The molecule has 0 heterocycles. The van der Waals surface area contributed by atoms with Crippen LogP contribution < -0.4 is 0 Å². The minimum absolute atomic E-state index is 0.140. The molecular formula is C14H22F4O4. The Balaban J connectivity index is 5.21. The lowest BCUT2D eigenvalue weighted by atomic mass is 9.84. The van der Waals surface area contributed by atoms with Gasteiger partial charge in [-0.2, -0.15) is 0 Å². The SMILES string of the molecule is CC(C)(C)OC(=O)[C@H](CCCF)[C@@H](CC(F)C(F)F)C(=O)O. The fourth-order valence-corrected chi connectivity index (χ4v) is 1.94. The fourth-order valence-electron chi connectivity index (χ4n) is 1.94. The lowest BCUT2D eigenvalue weighted by Gasteiger charge is -2.27. The molecule has 4 nitrogen and oxygen atoms in total. The van der Waals surface area contributed by atoms with E-state index in [-0.39, 0.29) is 12.8 Å². The highest BCUT2D eigenvalue weighted by atomic mass is 19.3. The molecule has 1 N–H and O–H groups in total. The number of esters is 1. The van der Waals surface area contributed by atoms with E-state index in [0.717, 1.165) is 0 Å². The summed E-state index contributed by atoms with van der Waals surface area (Å²) < 4.78 is 55.1. The second kappa shape index (κ2) is 8.95. The van der Waals surface area contributed by atoms with E-state index >= 15 is 0 Å². The standard InChI is InChI=1S/C14H22F4O4/c1-14(2,3)22-13(21)8(5-4-6-15)9(12(19)20)7-10(16)11(17)18/h8-11H,4-7H2,1-3H3,(H,19,20)/t8-,9-,10?/m1/s1. The number of carboxylic acid groups (broad SMARTS) is 1. The number of rotatable bonds is 9. The highest BCUT2D eigenvalue weighted by Gasteiger charge is 2.39. The molecular weight excluding hydrogens is 308 g/mol. The van der Waals surface area contributed by atoms with E-state index in [1.165, 1.54) is 0 Å². The number of carbonyl (C=O) groups excluding carboxylic acids is 1. The van der Waals surface area contributed by atoms with Gasteiger partial charge in [-0.15, -0.1) is 0 Å². The highest BCUT2D eigenvalue weighted by molar-refractivity contribution is 5.81. The van der Waals surface area contributed by atoms with Crippen molar-refractivity contribution in [2.75, 3.05) is 6.67 Å². The van der Waals surface area contributed by atoms with Crippen LogP contribution >= 0.6 is 0 Å². The first-order chi connectivity index (χ1) is 9.99. The molecule has 0 saturated carbocycles. The smallest absolute Gasteiger partial charge is 0.310 e. The second-order valence-electron chi connectivity index (χ2n) is 6.00. The minimum Gasteiger partial charge on any atom is -0.481 e. The largest absolute Gasteiger partial charge is 0.481 e. The summed E-state index contributed by atoms with van der Waals surface area (Å²) >= 11 is 0. The van der Waals surface area contributed by atoms with E-state index in [4.69, 9.17) is 9.84 Å². The molecule has 0 bridgehead atoms. The van der Waals surface area contributed by atoms with E-state index in [1.807, 2.05) is 0 Å². The number of carbonyl (C=O) groups is 2. The van der Waals surface area contributed by atoms with Crippen LogP contribution in [0, 0.1) is 11.8 Å². The minimum atomic E-state index is -3.35. The van der Waals surface area contributed by atoms with E-state index < -0.39 is 55.1 Å². The predicted molar refractivity (Wildman–Crippen MR) is 71.2 cm³/mol. The first kappa shape index (κ1) is 20.7. The highest BCUT2D eigenvalue weighted by Crippen LogP contribution is 2.29. The van der Waals surface area contributed by atoms with Gasteiger partial charge < -0.3 is 9.84 Å². The van der Waals surface area contributed by atoms with Crippen LogP contribution in [0.4, 0.5) is 17.6 Å². The van der Waals surface area contributed by atoms with Crippen molar-refractivity contribution >= 4 is 11.9 Å². The maximum Gasteiger partial charge on any atom is 0.310 e. The van der Waals surface area contributed by atoms with Crippen molar-refractivity contribution in [3.05, 3.63) is 0 Å². The Labute approximate surface area is 126 Å². The van der Waals surface area contributed by atoms with Crippen molar-refractivity contribution in [2.45, 2.75) is 58.2 Å². The molecule has 0 fully saturated rings. The molecule has 8 heteroatoms. The Morgan fingerprint density at radius 1 is 1.14 bits per heavy atom. The van der Waals surface area contributed by atoms with Crippen LogP contribution in [0.2, 0.25) is 0 Å². The molecule has 0 spiro atoms. The Morgan fingerprint density at radius 3 is 2.05 bits per heavy atom. The van der Waals surface area contributed by atoms with Gasteiger partial charge in [-0.3, -0.25) is 14.0 Å². The van der Waals surface area contributed by atoms with Crippen LogP contribution in [0.5, 0.6) is 0 Å². The zero-order valence-electron chi connectivity index (χ0n) is 12.8. The van der Waals surface area contributed by atoms with Gasteiger partial charge >= 0.3 is 11.9 Å². The molecule has 0 aliphatic rings. The molecule has 0 aromatic heterocycles. The lowest BCUT2D eigenvalue weighted by Crippen LogP contribution is -2.37. The van der Waals surface area contributed by atoms with Crippen molar-refractivity contribution in [1.29, 1.82) is 0 Å². The van der Waals surface area contributed by atoms with Gasteiger partial charge in [-0.1, -0.05) is 0 Å². The topological polar surface area (TPSA) is 63.6 Å². The van der Waals surface area contributed by atoms with Crippen LogP contribution in [-0.4, -0.2) is 41.9 Å². The van der Waals surface area contributed by atoms with Crippen molar-refractivity contribution in [2.24, 2.45) is 11.8 Å². The number of alkyl halides is 4. The first-order valence-corrected chi connectivity index (χ1v) is 6.93. The fraction of sp³-hybridized carbons (Fsp3) is 0.857. The molecule has 3 atom stereocenters. The Morgan fingerprint density at radius 2 is 1.68 bits per heavy atom. The Bertz CT molecular complexity index is 368. The second-order valence-corrected chi connectivity index (χ2v) is 6.00. The molecule has 0 amide bonds. The van der Waals surface area contributed by atoms with Gasteiger partial charge in [0.05, 0.1) is 18.5 Å². The summed E-state index contributed by atoms with van der Waals surface area (Å²) in [6.07, 6.45) is -7.39. The van der Waals surface area contributed by atoms with Crippen molar-refractivity contribution in [3.8, 4) is 0 Å². The van der Waals surface area contributed by atoms with Gasteiger partial charge in [-0.05, 0) is 40.0 Å². The van der Waals surface area contributed by atoms with Crippen LogP contribution in [-0.2, 0) is 14.3 Å². The van der Waals surface area contributed by atoms with Crippen LogP contribution in [0.3, 0.4) is 0 Å². The number of ether oxygens (including phenoxy) is 1. The van der Waals surface area contributed by atoms with Gasteiger partial charge in [0.25, 0.3) is 6.43 Å². The molecule has 0 saturated heterocycles. The quantitative estimate of drug-likeness (QED) is 0.520. The number of aliphatic carboxylic acids is 1. The average molecular weight is 330 g/mol. The maximum absolute atomic E-state index is 13.2. The van der Waals surface area contributed by atoms with E-state index in [0.29, 0.717) is 0 Å². The average Bonchev–Trinajstić information content (AvgIpc) is 2.34. The van der Waals surface area contributed by atoms with Gasteiger partial charge in [-0.25, -0.2) is 13.2 Å². The summed E-state index contributed by atoms with van der Waals surface area (Å²) in [6.45, 7) is 3.83. The normalized spacial score (nSPS) is 16.2. The van der Waals surface area contributed by atoms with Crippen LogP contribution in [0.1, 0.15) is 40.0 Å². The third-order valence-electron chi connectivity index (χ3n) is 2.91. The third kappa shape index (κ3) is 7.61. The van der Waals surface area contributed by atoms with Crippen LogP contribution in [0.25, 0.3) is 0 Å². The monoisotopic (exact) mass is 330 g/mol. The summed E-state index contributed by atoms with van der Waals surface area (Å²) in [5.41, 5.74) is -0.925. The zero-order valence-corrected chi connectivity index (χ0v) is 12.8. The number of carboxylic acids is 1. The molecule has 0 rings (SSSR count). The summed E-state index contributed by atoms with van der Waals surface area (Å²) in [7, 11) is 0. The summed E-state index contributed by atoms with van der Waals surface area (Å²) in [6, 6.07) is 0. The van der Waals surface area contributed by atoms with Gasteiger partial charge in [0, 0.05) is 0 Å². The molecule has 0 radical (unpaired) electrons. The first-order valence-electron chi connectivity index (χ1n) is 6.93. The third-order valence-corrected chi connectivity index (χ3v) is 2.91. The molecule has 1 unspecified atom stereocenters. The van der Waals surface area contributed by atoms with E-state index in [9.17, 15) is 27.2 Å². The molecule has 0 aliphatic heterocycles. The van der Waals surface area contributed by atoms with Crippen LogP contribution in [0.15, 0.2) is 0 Å². The lowest BCUT2D eigenvalue weighted by molar-refractivity contribution is -0.168. The summed E-state index contributed by atoms with van der Waals surface area (Å²) in [5.74, 6) is -5.59. The van der Waals surface area contributed by atoms with Crippen molar-refractivity contribution in [3.63, 3.8) is 0 Å². The summed E-state index contributed by atoms with van der Waals surface area (Å²) in [4.78, 5) is 23.3. The van der Waals surface area contributed by atoms with Gasteiger partial charge in [0.15, 0.2) is 6.17 Å². The molecule has 0 aromatic carbocycles. The predicted octanol–water partition coefficient (Wildman–Crippen LogP) is 3.39. The maximum atomic E-state index is 13.2. The van der Waals surface area contributed by atoms with E-state index in [1.54, 1.807) is 20.8 Å². The molecule has 130 valence electrons. The van der Waals surface area contributed by atoms with Crippen molar-refractivity contribution < 1.29 is 37.0 Å². The zero-order chi connectivity index (χ0) is 17.5. The number of hydrogen-bond donors (Lipinski definition) is 1.